The van der Waals surface area contributed by atoms with Crippen molar-refractivity contribution < 1.29 is 12.6 Å². The van der Waals surface area contributed by atoms with E-state index < -0.39 is 10.1 Å². The van der Waals surface area contributed by atoms with E-state index >= 15 is 0 Å². The third-order valence-electron chi connectivity index (χ3n) is 4.32. The zero-order valence-electron chi connectivity index (χ0n) is 16.2. The Balaban J connectivity index is 1.49. The van der Waals surface area contributed by atoms with E-state index in [2.05, 4.69) is 9.98 Å². The van der Waals surface area contributed by atoms with E-state index in [-0.39, 0.29) is 16.6 Å². The highest BCUT2D eigenvalue weighted by atomic mass is 32.2. The SMILES string of the molecule is NC(N)=Nc1nc(-c2ccc(OS(=O)(=O)c3ccc(-c4ccccc4)cc3)cc2)cs1. The van der Waals surface area contributed by atoms with Gasteiger partial charge in [0.1, 0.15) is 10.6 Å². The number of nitrogens with zero attached hydrogens (tertiary/aromatic N) is 2. The highest BCUT2D eigenvalue weighted by molar-refractivity contribution is 7.87. The zero-order valence-corrected chi connectivity index (χ0v) is 17.8. The van der Waals surface area contributed by atoms with Gasteiger partial charge in [0, 0.05) is 10.9 Å². The molecule has 0 atom stereocenters. The van der Waals surface area contributed by atoms with Crippen LogP contribution in [0.15, 0.2) is 94.1 Å². The quantitative estimate of drug-likeness (QED) is 0.259. The van der Waals surface area contributed by atoms with Gasteiger partial charge in [0.15, 0.2) is 5.96 Å². The van der Waals surface area contributed by atoms with Crippen molar-refractivity contribution in [2.24, 2.45) is 16.5 Å². The van der Waals surface area contributed by atoms with Gasteiger partial charge in [0.25, 0.3) is 0 Å². The maximum Gasteiger partial charge on any atom is 0.339 e. The first kappa shape index (κ1) is 20.6. The van der Waals surface area contributed by atoms with Crippen LogP contribution in [0.1, 0.15) is 0 Å². The first-order chi connectivity index (χ1) is 14.9. The molecule has 0 spiro atoms. The maximum absolute atomic E-state index is 12.6. The summed E-state index contributed by atoms with van der Waals surface area (Å²) in [5.41, 5.74) is 14.1. The van der Waals surface area contributed by atoms with E-state index in [0.717, 1.165) is 16.7 Å². The van der Waals surface area contributed by atoms with Crippen molar-refractivity contribution in [1.82, 2.24) is 4.98 Å². The average molecular weight is 451 g/mol. The minimum absolute atomic E-state index is 0.0633. The van der Waals surface area contributed by atoms with E-state index in [4.69, 9.17) is 15.7 Å². The second kappa shape index (κ2) is 8.58. The van der Waals surface area contributed by atoms with Gasteiger partial charge in [0.2, 0.25) is 5.13 Å². The van der Waals surface area contributed by atoms with Gasteiger partial charge < -0.3 is 15.7 Å². The van der Waals surface area contributed by atoms with E-state index in [9.17, 15) is 8.42 Å². The normalized spacial score (nSPS) is 11.1. The summed E-state index contributed by atoms with van der Waals surface area (Å²) in [5.74, 6) is 0.141. The molecular weight excluding hydrogens is 432 g/mol. The van der Waals surface area contributed by atoms with Gasteiger partial charge in [0.05, 0.1) is 5.69 Å². The zero-order chi connectivity index (χ0) is 21.8. The number of aliphatic imine (C=N–C) groups is 1. The summed E-state index contributed by atoms with van der Waals surface area (Å²) in [6.07, 6.45) is 0. The summed E-state index contributed by atoms with van der Waals surface area (Å²) in [6.45, 7) is 0. The summed E-state index contributed by atoms with van der Waals surface area (Å²) in [6, 6.07) is 22.9. The Hall–Kier alpha value is -3.69. The van der Waals surface area contributed by atoms with Gasteiger partial charge >= 0.3 is 10.1 Å². The Morgan fingerprint density at radius 3 is 2.10 bits per heavy atom. The summed E-state index contributed by atoms with van der Waals surface area (Å²) in [5, 5.41) is 2.25. The number of hydrogen-bond donors (Lipinski definition) is 2. The molecule has 0 bridgehead atoms. The van der Waals surface area contributed by atoms with Crippen molar-refractivity contribution in [2.75, 3.05) is 0 Å². The van der Waals surface area contributed by atoms with Crippen LogP contribution >= 0.6 is 11.3 Å². The van der Waals surface area contributed by atoms with Crippen LogP contribution in [0.25, 0.3) is 22.4 Å². The van der Waals surface area contributed by atoms with Gasteiger partial charge in [-0.1, -0.05) is 42.5 Å². The molecular formula is C22H18N4O3S2. The summed E-state index contributed by atoms with van der Waals surface area (Å²) >= 11 is 1.30. The number of benzene rings is 3. The Morgan fingerprint density at radius 2 is 1.45 bits per heavy atom. The van der Waals surface area contributed by atoms with Crippen LogP contribution < -0.4 is 15.7 Å². The molecule has 0 radical (unpaired) electrons. The minimum atomic E-state index is -3.96. The van der Waals surface area contributed by atoms with Crippen LogP contribution in [0, 0.1) is 0 Å². The molecule has 0 aliphatic rings. The largest absolute Gasteiger partial charge is 0.379 e. The number of guanidine groups is 1. The van der Waals surface area contributed by atoms with Crippen molar-refractivity contribution in [3.05, 3.63) is 84.2 Å². The fourth-order valence-electron chi connectivity index (χ4n) is 2.86. The van der Waals surface area contributed by atoms with Crippen molar-refractivity contribution in [2.45, 2.75) is 4.90 Å². The highest BCUT2D eigenvalue weighted by Crippen LogP contribution is 2.29. The van der Waals surface area contributed by atoms with Crippen molar-refractivity contribution >= 4 is 32.5 Å². The number of nitrogens with two attached hydrogens (primary N) is 2. The average Bonchev–Trinajstić information content (AvgIpc) is 3.22. The van der Waals surface area contributed by atoms with Gasteiger partial charge in [-0.3, -0.25) is 0 Å². The molecule has 0 saturated heterocycles. The van der Waals surface area contributed by atoms with Crippen molar-refractivity contribution in [3.63, 3.8) is 0 Å². The molecule has 0 saturated carbocycles. The molecule has 0 aliphatic heterocycles. The fraction of sp³-hybridized carbons (Fsp3) is 0. The number of thiazole rings is 1. The molecule has 0 aliphatic carbocycles. The Morgan fingerprint density at radius 1 is 0.839 bits per heavy atom. The molecule has 9 heteroatoms. The third-order valence-corrected chi connectivity index (χ3v) is 6.32. The summed E-state index contributed by atoms with van der Waals surface area (Å²) < 4.78 is 30.6. The minimum Gasteiger partial charge on any atom is -0.379 e. The number of aromatic nitrogens is 1. The molecule has 0 unspecified atom stereocenters. The first-order valence-corrected chi connectivity index (χ1v) is 11.4. The lowest BCUT2D eigenvalue weighted by Crippen LogP contribution is -2.21. The second-order valence-electron chi connectivity index (χ2n) is 6.50. The predicted molar refractivity (Wildman–Crippen MR) is 123 cm³/mol. The van der Waals surface area contributed by atoms with Crippen molar-refractivity contribution in [1.29, 1.82) is 0 Å². The number of rotatable bonds is 6. The molecule has 7 nitrogen and oxygen atoms in total. The predicted octanol–water partition coefficient (Wildman–Crippen LogP) is 4.15. The fourth-order valence-corrected chi connectivity index (χ4v) is 4.50. The molecule has 4 aromatic rings. The molecule has 0 fully saturated rings. The number of hydrogen-bond acceptors (Lipinski definition) is 6. The molecule has 0 amide bonds. The molecule has 4 rings (SSSR count). The van der Waals surface area contributed by atoms with Crippen LogP contribution in [0.4, 0.5) is 5.13 Å². The Kier molecular flexibility index (Phi) is 5.70. The van der Waals surface area contributed by atoms with Gasteiger partial charge in [-0.05, 0) is 47.5 Å². The molecule has 31 heavy (non-hydrogen) atoms. The summed E-state index contributed by atoms with van der Waals surface area (Å²) in [7, 11) is -3.96. The Labute approximate surface area is 183 Å². The van der Waals surface area contributed by atoms with Crippen LogP contribution in [-0.2, 0) is 10.1 Å². The highest BCUT2D eigenvalue weighted by Gasteiger charge is 2.17. The summed E-state index contributed by atoms with van der Waals surface area (Å²) in [4.78, 5) is 8.31. The monoisotopic (exact) mass is 450 g/mol. The van der Waals surface area contributed by atoms with E-state index in [0.29, 0.717) is 10.8 Å². The lowest BCUT2D eigenvalue weighted by molar-refractivity contribution is 0.486. The third kappa shape index (κ3) is 4.90. The van der Waals surface area contributed by atoms with E-state index in [1.165, 1.54) is 23.5 Å². The van der Waals surface area contributed by atoms with Crippen LogP contribution in [0.2, 0.25) is 0 Å². The molecule has 4 N–H and O–H groups in total. The van der Waals surface area contributed by atoms with Crippen LogP contribution in [0.5, 0.6) is 5.75 Å². The van der Waals surface area contributed by atoms with E-state index in [1.807, 2.05) is 35.7 Å². The molecule has 3 aromatic carbocycles. The topological polar surface area (TPSA) is 121 Å². The van der Waals surface area contributed by atoms with Gasteiger partial charge in [-0.25, -0.2) is 4.98 Å². The maximum atomic E-state index is 12.6. The lowest BCUT2D eigenvalue weighted by atomic mass is 10.1. The first-order valence-electron chi connectivity index (χ1n) is 9.16. The Bertz CT molecular complexity index is 1310. The molecule has 1 heterocycles. The smallest absolute Gasteiger partial charge is 0.339 e. The van der Waals surface area contributed by atoms with Crippen LogP contribution in [-0.4, -0.2) is 19.4 Å². The second-order valence-corrected chi connectivity index (χ2v) is 8.89. The molecule has 156 valence electrons. The lowest BCUT2D eigenvalue weighted by Gasteiger charge is -2.08. The van der Waals surface area contributed by atoms with E-state index in [1.54, 1.807) is 36.4 Å². The van der Waals surface area contributed by atoms with Gasteiger partial charge in [-0.15, -0.1) is 11.3 Å². The molecule has 1 aromatic heterocycles. The van der Waals surface area contributed by atoms with Crippen molar-refractivity contribution in [3.8, 4) is 28.1 Å². The van der Waals surface area contributed by atoms with Crippen LogP contribution in [0.3, 0.4) is 0 Å². The standard InChI is InChI=1S/C22H18N4O3S2/c23-21(24)26-22-25-20(14-30-22)17-6-10-18(11-7-17)29-31(27,28)19-12-8-16(9-13-19)15-4-2-1-3-5-15/h1-14H,(H4,23,24,25,26). The van der Waals surface area contributed by atoms with Gasteiger partial charge in [-0.2, -0.15) is 13.4 Å².